The first kappa shape index (κ1) is 7.80. The zero-order chi connectivity index (χ0) is 8.77. The number of fused-ring (bicyclic) bond motifs is 1. The number of carbonyl (C=O) groups is 1. The standard InChI is InChI=1S/C9H11NOS/c1-9(2)5-7-6(3-4-12-7)8(11)10-9/h3-4H,5H2,1-2H3,(H,10,11). The molecule has 0 spiro atoms. The van der Waals surface area contributed by atoms with Crippen LogP contribution in [0.2, 0.25) is 0 Å². The number of thiophene rings is 1. The number of hydrogen-bond acceptors (Lipinski definition) is 2. The molecule has 1 aromatic heterocycles. The second-order valence-corrected chi connectivity index (χ2v) is 4.77. The Morgan fingerprint density at radius 3 is 3.08 bits per heavy atom. The number of carbonyl (C=O) groups excluding carboxylic acids is 1. The first-order valence-corrected chi connectivity index (χ1v) is 4.85. The van der Waals surface area contributed by atoms with Crippen LogP contribution < -0.4 is 5.32 Å². The van der Waals surface area contributed by atoms with E-state index in [9.17, 15) is 4.79 Å². The topological polar surface area (TPSA) is 29.1 Å². The van der Waals surface area contributed by atoms with Crippen LogP contribution in [0.15, 0.2) is 11.4 Å². The molecule has 0 aliphatic carbocycles. The molecule has 0 saturated carbocycles. The van der Waals surface area contributed by atoms with Gasteiger partial charge < -0.3 is 5.32 Å². The van der Waals surface area contributed by atoms with Gasteiger partial charge in [-0.25, -0.2) is 0 Å². The van der Waals surface area contributed by atoms with Gasteiger partial charge in [0.25, 0.3) is 5.91 Å². The van der Waals surface area contributed by atoms with E-state index in [1.165, 1.54) is 4.88 Å². The molecule has 0 aromatic carbocycles. The fraction of sp³-hybridized carbons (Fsp3) is 0.444. The van der Waals surface area contributed by atoms with E-state index in [4.69, 9.17) is 0 Å². The maximum absolute atomic E-state index is 11.5. The minimum absolute atomic E-state index is 0.0718. The SMILES string of the molecule is CC1(C)Cc2sccc2C(=O)N1. The molecule has 1 aliphatic rings. The number of hydrogen-bond donors (Lipinski definition) is 1. The van der Waals surface area contributed by atoms with Gasteiger partial charge in [0, 0.05) is 16.8 Å². The summed E-state index contributed by atoms with van der Waals surface area (Å²) in [5.41, 5.74) is 0.786. The zero-order valence-electron chi connectivity index (χ0n) is 7.18. The molecule has 12 heavy (non-hydrogen) atoms. The van der Waals surface area contributed by atoms with Crippen LogP contribution in [-0.2, 0) is 6.42 Å². The second-order valence-electron chi connectivity index (χ2n) is 3.77. The molecule has 0 radical (unpaired) electrons. The van der Waals surface area contributed by atoms with Gasteiger partial charge in [-0.2, -0.15) is 0 Å². The summed E-state index contributed by atoms with van der Waals surface area (Å²) in [6, 6.07) is 1.89. The predicted octanol–water partition coefficient (Wildman–Crippen LogP) is 1.81. The van der Waals surface area contributed by atoms with Crippen LogP contribution in [0.1, 0.15) is 29.1 Å². The van der Waals surface area contributed by atoms with E-state index in [-0.39, 0.29) is 11.4 Å². The predicted molar refractivity (Wildman–Crippen MR) is 49.6 cm³/mol. The van der Waals surface area contributed by atoms with Gasteiger partial charge in [-0.15, -0.1) is 11.3 Å². The van der Waals surface area contributed by atoms with Crippen molar-refractivity contribution >= 4 is 17.2 Å². The van der Waals surface area contributed by atoms with Gasteiger partial charge in [0.2, 0.25) is 0 Å². The lowest BCUT2D eigenvalue weighted by molar-refractivity contribution is 0.0899. The van der Waals surface area contributed by atoms with Crippen molar-refractivity contribution in [3.63, 3.8) is 0 Å². The lowest BCUT2D eigenvalue weighted by Gasteiger charge is -2.30. The fourth-order valence-electron chi connectivity index (χ4n) is 1.50. The summed E-state index contributed by atoms with van der Waals surface area (Å²) >= 11 is 1.67. The molecule has 1 aliphatic heterocycles. The van der Waals surface area contributed by atoms with Crippen molar-refractivity contribution in [2.24, 2.45) is 0 Å². The van der Waals surface area contributed by atoms with E-state index >= 15 is 0 Å². The third kappa shape index (κ3) is 1.14. The maximum atomic E-state index is 11.5. The van der Waals surface area contributed by atoms with E-state index < -0.39 is 0 Å². The first-order chi connectivity index (χ1) is 5.58. The van der Waals surface area contributed by atoms with Crippen LogP contribution in [0.5, 0.6) is 0 Å². The fourth-order valence-corrected chi connectivity index (χ4v) is 2.60. The van der Waals surface area contributed by atoms with Crippen LogP contribution in [0.25, 0.3) is 0 Å². The number of amides is 1. The van der Waals surface area contributed by atoms with Crippen molar-refractivity contribution in [3.05, 3.63) is 21.9 Å². The van der Waals surface area contributed by atoms with Gasteiger partial charge in [0.05, 0.1) is 5.56 Å². The lowest BCUT2D eigenvalue weighted by Crippen LogP contribution is -2.48. The van der Waals surface area contributed by atoms with Gasteiger partial charge in [-0.1, -0.05) is 0 Å². The second kappa shape index (κ2) is 2.33. The zero-order valence-corrected chi connectivity index (χ0v) is 7.99. The van der Waals surface area contributed by atoms with Crippen LogP contribution in [-0.4, -0.2) is 11.4 Å². The van der Waals surface area contributed by atoms with Crippen molar-refractivity contribution < 1.29 is 4.79 Å². The molecule has 64 valence electrons. The summed E-state index contributed by atoms with van der Waals surface area (Å²) in [5.74, 6) is 0.0718. The highest BCUT2D eigenvalue weighted by molar-refractivity contribution is 7.10. The summed E-state index contributed by atoms with van der Waals surface area (Å²) in [6.45, 7) is 4.10. The number of rotatable bonds is 0. The lowest BCUT2D eigenvalue weighted by atomic mass is 9.93. The van der Waals surface area contributed by atoms with Crippen LogP contribution in [0.3, 0.4) is 0 Å². The molecule has 2 heterocycles. The molecule has 0 unspecified atom stereocenters. The first-order valence-electron chi connectivity index (χ1n) is 3.97. The monoisotopic (exact) mass is 181 g/mol. The highest BCUT2D eigenvalue weighted by Crippen LogP contribution is 2.26. The molecule has 0 saturated heterocycles. The Morgan fingerprint density at radius 1 is 1.58 bits per heavy atom. The summed E-state index contributed by atoms with van der Waals surface area (Å²) in [4.78, 5) is 12.7. The molecule has 2 rings (SSSR count). The Balaban J connectivity index is 2.45. The van der Waals surface area contributed by atoms with Crippen LogP contribution in [0.4, 0.5) is 0 Å². The van der Waals surface area contributed by atoms with E-state index in [1.807, 2.05) is 25.3 Å². The third-order valence-corrected chi connectivity index (χ3v) is 2.97. The highest BCUT2D eigenvalue weighted by atomic mass is 32.1. The average molecular weight is 181 g/mol. The van der Waals surface area contributed by atoms with Gasteiger partial charge in [0.1, 0.15) is 0 Å². The summed E-state index contributed by atoms with van der Waals surface area (Å²) in [7, 11) is 0. The summed E-state index contributed by atoms with van der Waals surface area (Å²) in [6.07, 6.45) is 0.950. The minimum atomic E-state index is -0.0745. The smallest absolute Gasteiger partial charge is 0.252 e. The van der Waals surface area contributed by atoms with Gasteiger partial charge >= 0.3 is 0 Å². The largest absolute Gasteiger partial charge is 0.347 e. The molecule has 2 nitrogen and oxygen atoms in total. The van der Waals surface area contributed by atoms with Gasteiger partial charge in [0.15, 0.2) is 0 Å². The molecular weight excluding hydrogens is 170 g/mol. The molecule has 0 fully saturated rings. The summed E-state index contributed by atoms with van der Waals surface area (Å²) < 4.78 is 0. The third-order valence-electron chi connectivity index (χ3n) is 2.04. The Kier molecular flexibility index (Phi) is 1.51. The van der Waals surface area contributed by atoms with Crippen molar-refractivity contribution in [1.82, 2.24) is 5.32 Å². The van der Waals surface area contributed by atoms with E-state index in [2.05, 4.69) is 5.32 Å². The Hall–Kier alpha value is -0.830. The Labute approximate surface area is 75.6 Å². The van der Waals surface area contributed by atoms with E-state index in [0.717, 1.165) is 12.0 Å². The molecule has 1 amide bonds. The van der Waals surface area contributed by atoms with Crippen LogP contribution >= 0.6 is 11.3 Å². The van der Waals surface area contributed by atoms with Crippen molar-refractivity contribution in [2.45, 2.75) is 25.8 Å². The van der Waals surface area contributed by atoms with Gasteiger partial charge in [-0.05, 0) is 25.3 Å². The van der Waals surface area contributed by atoms with E-state index in [0.29, 0.717) is 0 Å². The van der Waals surface area contributed by atoms with Crippen molar-refractivity contribution in [2.75, 3.05) is 0 Å². The minimum Gasteiger partial charge on any atom is -0.347 e. The Morgan fingerprint density at radius 2 is 2.33 bits per heavy atom. The average Bonchev–Trinajstić information content (AvgIpc) is 2.31. The normalized spacial score (nSPS) is 20.0. The highest BCUT2D eigenvalue weighted by Gasteiger charge is 2.30. The van der Waals surface area contributed by atoms with Gasteiger partial charge in [-0.3, -0.25) is 4.79 Å². The van der Waals surface area contributed by atoms with Crippen molar-refractivity contribution in [3.8, 4) is 0 Å². The quantitative estimate of drug-likeness (QED) is 0.650. The molecule has 0 atom stereocenters. The molecule has 1 N–H and O–H groups in total. The molecule has 1 aromatic rings. The maximum Gasteiger partial charge on any atom is 0.252 e. The molecule has 0 bridgehead atoms. The van der Waals surface area contributed by atoms with Crippen LogP contribution in [0, 0.1) is 0 Å². The molecule has 3 heteroatoms. The summed E-state index contributed by atoms with van der Waals surface area (Å²) in [5, 5.41) is 4.94. The number of nitrogens with one attached hydrogen (secondary N) is 1. The van der Waals surface area contributed by atoms with Crippen molar-refractivity contribution in [1.29, 1.82) is 0 Å². The Bertz CT molecular complexity index is 327. The molecular formula is C9H11NOS. The van der Waals surface area contributed by atoms with E-state index in [1.54, 1.807) is 11.3 Å².